The van der Waals surface area contributed by atoms with Crippen molar-refractivity contribution in [2.75, 3.05) is 13.1 Å². The van der Waals surface area contributed by atoms with Gasteiger partial charge in [0, 0.05) is 42.0 Å². The molecule has 0 unspecified atom stereocenters. The standard InChI is InChI=1S/C16H21N3O3.C12H11NO4.C4H12N2/c1-11(17)12(2)18-14-8-15(20)19(9-14)16(21)22-10-13-6-4-3-5-7-13;14-10-6-11(15)13(7-10)12(16)17-8-9-4-2-1-3-5-9;1-3(5)4(2)6/h3-8,11-12,18H,9-10,17H2,1-2H3;1-6,14H,7-8H2;3-4H,5-6H2,1-2H3/t11-,12-;;3-,4-/m1.1/s1. The third kappa shape index (κ3) is 12.8. The number of rotatable bonds is 8. The number of nitrogens with one attached hydrogen (secondary N) is 1. The molecule has 4 rings (SSSR count). The van der Waals surface area contributed by atoms with Crippen LogP contribution in [0.15, 0.2) is 84.3 Å². The number of amides is 4. The van der Waals surface area contributed by atoms with E-state index < -0.39 is 18.1 Å². The number of ether oxygens (including phenoxy) is 2. The Kier molecular flexibility index (Phi) is 14.7. The van der Waals surface area contributed by atoms with E-state index in [-0.39, 0.29) is 62.1 Å². The average Bonchev–Trinajstić information content (AvgIpc) is 3.55. The largest absolute Gasteiger partial charge is 0.510 e. The molecule has 0 aliphatic carbocycles. The minimum absolute atomic E-state index is 0.0133. The van der Waals surface area contributed by atoms with Crippen molar-refractivity contribution >= 4 is 24.0 Å². The number of hydrogen-bond acceptors (Lipinski definition) is 11. The first-order valence-electron chi connectivity index (χ1n) is 14.5. The number of carbonyl (C=O) groups is 4. The van der Waals surface area contributed by atoms with Gasteiger partial charge in [0.15, 0.2) is 0 Å². The lowest BCUT2D eigenvalue weighted by molar-refractivity contribution is -0.124. The van der Waals surface area contributed by atoms with Gasteiger partial charge in [0.25, 0.3) is 11.8 Å². The normalized spacial score (nSPS) is 16.5. The van der Waals surface area contributed by atoms with Gasteiger partial charge in [-0.25, -0.2) is 19.4 Å². The summed E-state index contributed by atoms with van der Waals surface area (Å²) < 4.78 is 10.1. The smallest absolute Gasteiger partial charge is 0.417 e. The van der Waals surface area contributed by atoms with E-state index in [1.54, 1.807) is 0 Å². The van der Waals surface area contributed by atoms with Crippen molar-refractivity contribution in [3.63, 3.8) is 0 Å². The Hall–Kier alpha value is -4.72. The summed E-state index contributed by atoms with van der Waals surface area (Å²) in [5.41, 5.74) is 18.8. The molecule has 0 saturated carbocycles. The van der Waals surface area contributed by atoms with E-state index in [0.717, 1.165) is 27.0 Å². The predicted octanol–water partition coefficient (Wildman–Crippen LogP) is 2.66. The zero-order valence-electron chi connectivity index (χ0n) is 26.1. The van der Waals surface area contributed by atoms with Gasteiger partial charge in [-0.3, -0.25) is 9.59 Å². The van der Waals surface area contributed by atoms with Crippen molar-refractivity contribution in [2.45, 2.75) is 65.1 Å². The van der Waals surface area contributed by atoms with Gasteiger partial charge in [-0.15, -0.1) is 0 Å². The minimum atomic E-state index is -0.751. The zero-order chi connectivity index (χ0) is 33.5. The summed E-state index contributed by atoms with van der Waals surface area (Å²) in [6, 6.07) is 18.7. The van der Waals surface area contributed by atoms with Gasteiger partial charge in [-0.1, -0.05) is 60.7 Å². The molecule has 13 nitrogen and oxygen atoms in total. The maximum Gasteiger partial charge on any atom is 0.417 e. The van der Waals surface area contributed by atoms with Crippen LogP contribution in [0.2, 0.25) is 0 Å². The SMILES string of the molecule is C[C@@H](N)[C@@H](C)N.C[C@@H](N)[C@@H](C)NC1=CC(=O)N(C(=O)OCc2ccccc2)C1.O=C1C=C(O)CN1C(=O)OCc1ccccc1. The molecule has 0 spiro atoms. The lowest BCUT2D eigenvalue weighted by atomic mass is 10.2. The van der Waals surface area contributed by atoms with E-state index in [1.165, 1.54) is 6.08 Å². The molecule has 0 aromatic heterocycles. The van der Waals surface area contributed by atoms with E-state index in [4.69, 9.17) is 31.8 Å². The Labute approximate surface area is 263 Å². The summed E-state index contributed by atoms with van der Waals surface area (Å²) in [4.78, 5) is 48.5. The average molecular weight is 625 g/mol. The van der Waals surface area contributed by atoms with Crippen molar-refractivity contribution < 1.29 is 33.8 Å². The van der Waals surface area contributed by atoms with Crippen LogP contribution < -0.4 is 22.5 Å². The van der Waals surface area contributed by atoms with Gasteiger partial charge in [0.1, 0.15) is 19.0 Å². The summed E-state index contributed by atoms with van der Waals surface area (Å²) in [5.74, 6) is -1.07. The van der Waals surface area contributed by atoms with Gasteiger partial charge < -0.3 is 37.1 Å². The molecule has 4 amide bonds. The Morgan fingerprint density at radius 2 is 1.16 bits per heavy atom. The summed E-state index contributed by atoms with van der Waals surface area (Å²) in [6.45, 7) is 7.89. The molecular weight excluding hydrogens is 580 g/mol. The van der Waals surface area contributed by atoms with Crippen LogP contribution >= 0.6 is 0 Å². The second kappa shape index (κ2) is 18.2. The lowest BCUT2D eigenvalue weighted by Crippen LogP contribution is -2.42. The third-order valence-corrected chi connectivity index (χ3v) is 6.65. The van der Waals surface area contributed by atoms with Crippen molar-refractivity contribution in [3.05, 3.63) is 95.4 Å². The summed E-state index contributed by atoms with van der Waals surface area (Å²) >= 11 is 0. The van der Waals surface area contributed by atoms with Gasteiger partial charge in [0.05, 0.1) is 13.1 Å². The van der Waals surface area contributed by atoms with Crippen LogP contribution in [0.5, 0.6) is 0 Å². The second-order valence-corrected chi connectivity index (χ2v) is 10.7. The molecule has 0 bridgehead atoms. The molecule has 2 aromatic rings. The summed E-state index contributed by atoms with van der Waals surface area (Å²) in [6.07, 6.45) is 1.02. The highest BCUT2D eigenvalue weighted by molar-refractivity contribution is 6.02. The van der Waals surface area contributed by atoms with Gasteiger partial charge in [0.2, 0.25) is 0 Å². The first kappa shape index (κ1) is 36.5. The molecule has 8 N–H and O–H groups in total. The van der Waals surface area contributed by atoms with Crippen LogP contribution in [-0.4, -0.2) is 76.2 Å². The van der Waals surface area contributed by atoms with Crippen LogP contribution in [0.25, 0.3) is 0 Å². The molecule has 2 aliphatic heterocycles. The van der Waals surface area contributed by atoms with Crippen LogP contribution in [0.1, 0.15) is 38.8 Å². The van der Waals surface area contributed by atoms with Crippen molar-refractivity contribution in [2.24, 2.45) is 17.2 Å². The molecule has 4 atom stereocenters. The maximum absolute atomic E-state index is 12.0. The van der Waals surface area contributed by atoms with E-state index in [0.29, 0.717) is 5.70 Å². The number of nitrogens with zero attached hydrogens (tertiary/aromatic N) is 2. The fraction of sp³-hybridized carbons (Fsp3) is 0.375. The first-order valence-corrected chi connectivity index (χ1v) is 14.5. The van der Waals surface area contributed by atoms with Crippen LogP contribution in [0.4, 0.5) is 9.59 Å². The van der Waals surface area contributed by atoms with E-state index in [9.17, 15) is 19.2 Å². The fourth-order valence-corrected chi connectivity index (χ4v) is 3.44. The number of nitrogens with two attached hydrogens (primary N) is 3. The summed E-state index contributed by atoms with van der Waals surface area (Å²) in [7, 11) is 0. The van der Waals surface area contributed by atoms with Gasteiger partial charge in [-0.05, 0) is 38.8 Å². The molecule has 2 aliphatic rings. The Balaban J connectivity index is 0.000000272. The Morgan fingerprint density at radius 3 is 1.53 bits per heavy atom. The number of aliphatic hydroxyl groups is 1. The molecule has 45 heavy (non-hydrogen) atoms. The second-order valence-electron chi connectivity index (χ2n) is 10.7. The summed E-state index contributed by atoms with van der Waals surface area (Å²) in [5, 5.41) is 12.2. The van der Waals surface area contributed by atoms with Gasteiger partial charge in [-0.2, -0.15) is 0 Å². The molecule has 13 heteroatoms. The zero-order valence-corrected chi connectivity index (χ0v) is 26.1. The highest BCUT2D eigenvalue weighted by Crippen LogP contribution is 2.13. The number of aliphatic hydroxyl groups excluding tert-OH is 1. The molecular formula is C32H44N6O7. The molecule has 244 valence electrons. The first-order chi connectivity index (χ1) is 21.3. The molecule has 0 radical (unpaired) electrons. The van der Waals surface area contributed by atoms with Crippen LogP contribution in [-0.2, 0) is 32.3 Å². The highest BCUT2D eigenvalue weighted by Gasteiger charge is 2.30. The molecule has 0 saturated heterocycles. The Morgan fingerprint density at radius 1 is 0.733 bits per heavy atom. The fourth-order valence-electron chi connectivity index (χ4n) is 3.44. The third-order valence-electron chi connectivity index (χ3n) is 6.65. The molecule has 0 fully saturated rings. The predicted molar refractivity (Wildman–Crippen MR) is 169 cm³/mol. The van der Waals surface area contributed by atoms with E-state index in [2.05, 4.69) is 5.32 Å². The van der Waals surface area contributed by atoms with E-state index >= 15 is 0 Å². The number of benzene rings is 2. The number of hydrogen-bond donors (Lipinski definition) is 5. The van der Waals surface area contributed by atoms with Crippen LogP contribution in [0, 0.1) is 0 Å². The number of imide groups is 2. The molecule has 2 aromatic carbocycles. The maximum atomic E-state index is 12.0. The molecule has 2 heterocycles. The topological polar surface area (TPSA) is 204 Å². The monoisotopic (exact) mass is 624 g/mol. The number of carbonyl (C=O) groups excluding carboxylic acids is 4. The van der Waals surface area contributed by atoms with Crippen molar-refractivity contribution in [3.8, 4) is 0 Å². The van der Waals surface area contributed by atoms with Gasteiger partial charge >= 0.3 is 12.2 Å². The van der Waals surface area contributed by atoms with Crippen molar-refractivity contribution in [1.82, 2.24) is 15.1 Å². The lowest BCUT2D eigenvalue weighted by Gasteiger charge is -2.20. The highest BCUT2D eigenvalue weighted by atomic mass is 16.6. The minimum Gasteiger partial charge on any atom is -0.510 e. The van der Waals surface area contributed by atoms with Crippen molar-refractivity contribution in [1.29, 1.82) is 0 Å². The Bertz CT molecular complexity index is 1320. The quantitative estimate of drug-likeness (QED) is 0.289. The van der Waals surface area contributed by atoms with E-state index in [1.807, 2.05) is 88.4 Å². The van der Waals surface area contributed by atoms with Crippen LogP contribution in [0.3, 0.4) is 0 Å².